The number of hydrogen-bond acceptors (Lipinski definition) is 3. The fraction of sp³-hybridized carbons (Fsp3) is 0.467. The van der Waals surface area contributed by atoms with Crippen molar-refractivity contribution in [2.24, 2.45) is 0 Å². The van der Waals surface area contributed by atoms with Crippen molar-refractivity contribution in [1.29, 1.82) is 0 Å². The van der Waals surface area contributed by atoms with E-state index in [9.17, 15) is 14.7 Å². The molecule has 6 nitrogen and oxygen atoms in total. The van der Waals surface area contributed by atoms with E-state index >= 15 is 0 Å². The summed E-state index contributed by atoms with van der Waals surface area (Å²) < 4.78 is 0. The molecule has 1 aromatic rings. The SMILES string of the molecule is CC(C)(C)NC(=O)C(O)[C@H](Cc1ccccc1)NC(=O)O. The lowest BCUT2D eigenvalue weighted by Gasteiger charge is -2.27. The molecule has 0 bridgehead atoms. The average molecular weight is 294 g/mol. The Morgan fingerprint density at radius 2 is 1.76 bits per heavy atom. The minimum Gasteiger partial charge on any atom is -0.465 e. The first kappa shape index (κ1) is 17.0. The summed E-state index contributed by atoms with van der Waals surface area (Å²) in [5, 5.41) is 23.8. The molecule has 6 heteroatoms. The zero-order valence-corrected chi connectivity index (χ0v) is 12.5. The number of amides is 2. The molecule has 2 atom stereocenters. The molecule has 1 unspecified atom stereocenters. The third-order valence-corrected chi connectivity index (χ3v) is 2.76. The lowest BCUT2D eigenvalue weighted by atomic mass is 9.99. The van der Waals surface area contributed by atoms with E-state index in [2.05, 4.69) is 10.6 Å². The van der Waals surface area contributed by atoms with E-state index in [4.69, 9.17) is 5.11 Å². The van der Waals surface area contributed by atoms with Crippen molar-refractivity contribution in [3.8, 4) is 0 Å². The molecule has 0 aliphatic rings. The van der Waals surface area contributed by atoms with Gasteiger partial charge in [-0.1, -0.05) is 30.3 Å². The summed E-state index contributed by atoms with van der Waals surface area (Å²) in [4.78, 5) is 22.8. The molecule has 1 rings (SSSR count). The summed E-state index contributed by atoms with van der Waals surface area (Å²) in [6.07, 6.45) is -2.51. The molecule has 1 aromatic carbocycles. The Bertz CT molecular complexity index is 482. The first-order chi connectivity index (χ1) is 9.69. The van der Waals surface area contributed by atoms with Gasteiger partial charge in [-0.3, -0.25) is 4.79 Å². The molecule has 4 N–H and O–H groups in total. The normalized spacial score (nSPS) is 14.1. The van der Waals surface area contributed by atoms with Gasteiger partial charge in [-0.15, -0.1) is 0 Å². The van der Waals surface area contributed by atoms with Crippen molar-refractivity contribution in [2.75, 3.05) is 0 Å². The summed E-state index contributed by atoms with van der Waals surface area (Å²) >= 11 is 0. The molecule has 0 radical (unpaired) electrons. The highest BCUT2D eigenvalue weighted by molar-refractivity contribution is 5.82. The van der Waals surface area contributed by atoms with Gasteiger partial charge in [0.15, 0.2) is 6.10 Å². The van der Waals surface area contributed by atoms with Gasteiger partial charge in [0.05, 0.1) is 6.04 Å². The number of hydrogen-bond donors (Lipinski definition) is 4. The lowest BCUT2D eigenvalue weighted by molar-refractivity contribution is -0.132. The lowest BCUT2D eigenvalue weighted by Crippen LogP contribution is -2.54. The molecule has 0 fully saturated rings. The van der Waals surface area contributed by atoms with Crippen LogP contribution in [0.3, 0.4) is 0 Å². The fourth-order valence-corrected chi connectivity index (χ4v) is 1.89. The molecule has 0 saturated heterocycles. The second-order valence-corrected chi connectivity index (χ2v) is 5.93. The van der Waals surface area contributed by atoms with Gasteiger partial charge < -0.3 is 20.8 Å². The third kappa shape index (κ3) is 6.27. The minimum atomic E-state index is -1.46. The van der Waals surface area contributed by atoms with E-state index in [0.717, 1.165) is 5.56 Å². The van der Waals surface area contributed by atoms with Crippen LogP contribution in [0.15, 0.2) is 30.3 Å². The van der Waals surface area contributed by atoms with Crippen LogP contribution in [0.1, 0.15) is 26.3 Å². The first-order valence-electron chi connectivity index (χ1n) is 6.72. The Morgan fingerprint density at radius 3 is 2.24 bits per heavy atom. The van der Waals surface area contributed by atoms with Gasteiger partial charge in [-0.25, -0.2) is 4.79 Å². The van der Waals surface area contributed by atoms with Gasteiger partial charge in [0.25, 0.3) is 5.91 Å². The van der Waals surface area contributed by atoms with Gasteiger partial charge in [-0.05, 0) is 32.8 Å². The average Bonchev–Trinajstić information content (AvgIpc) is 2.35. The maximum absolute atomic E-state index is 12.0. The van der Waals surface area contributed by atoms with E-state index in [0.29, 0.717) is 0 Å². The van der Waals surface area contributed by atoms with Gasteiger partial charge in [0, 0.05) is 5.54 Å². The zero-order chi connectivity index (χ0) is 16.0. The summed E-state index contributed by atoms with van der Waals surface area (Å²) in [5.74, 6) is -0.600. The number of carbonyl (C=O) groups excluding carboxylic acids is 1. The summed E-state index contributed by atoms with van der Waals surface area (Å²) in [7, 11) is 0. The zero-order valence-electron chi connectivity index (χ0n) is 12.5. The Hall–Kier alpha value is -2.08. The van der Waals surface area contributed by atoms with Crippen molar-refractivity contribution in [1.82, 2.24) is 10.6 Å². The molecule has 0 aliphatic carbocycles. The van der Waals surface area contributed by atoms with Crippen LogP contribution in [0.25, 0.3) is 0 Å². The molecular formula is C15H22N2O4. The van der Waals surface area contributed by atoms with E-state index < -0.39 is 29.7 Å². The molecule has 0 aliphatic heterocycles. The maximum Gasteiger partial charge on any atom is 0.404 e. The molecule has 116 valence electrons. The first-order valence-corrected chi connectivity index (χ1v) is 6.72. The molecule has 2 amide bonds. The Labute approximate surface area is 124 Å². The number of aliphatic hydroxyl groups excluding tert-OH is 1. The van der Waals surface area contributed by atoms with Crippen LogP contribution < -0.4 is 10.6 Å². The highest BCUT2D eigenvalue weighted by atomic mass is 16.4. The standard InChI is InChI=1S/C15H22N2O4/c1-15(2,3)17-13(19)12(18)11(16-14(20)21)9-10-7-5-4-6-8-10/h4-8,11-12,16,18H,9H2,1-3H3,(H,17,19)(H,20,21)/t11-,12?/m0/s1. The van der Waals surface area contributed by atoms with Gasteiger partial charge in [-0.2, -0.15) is 0 Å². The largest absolute Gasteiger partial charge is 0.465 e. The quantitative estimate of drug-likeness (QED) is 0.654. The van der Waals surface area contributed by atoms with Crippen molar-refractivity contribution in [3.05, 3.63) is 35.9 Å². The number of rotatable bonds is 5. The molecular weight excluding hydrogens is 272 g/mol. The van der Waals surface area contributed by atoms with Crippen LogP contribution in [-0.2, 0) is 11.2 Å². The number of carboxylic acid groups (broad SMARTS) is 1. The van der Waals surface area contributed by atoms with E-state index in [-0.39, 0.29) is 6.42 Å². The van der Waals surface area contributed by atoms with Crippen molar-refractivity contribution in [2.45, 2.75) is 44.9 Å². The van der Waals surface area contributed by atoms with Crippen LogP contribution in [0.5, 0.6) is 0 Å². The Balaban J connectivity index is 2.81. The van der Waals surface area contributed by atoms with Crippen LogP contribution in [0.4, 0.5) is 4.79 Å². The highest BCUT2D eigenvalue weighted by Crippen LogP contribution is 2.08. The Morgan fingerprint density at radius 1 is 1.19 bits per heavy atom. The van der Waals surface area contributed by atoms with Crippen molar-refractivity contribution >= 4 is 12.0 Å². The second kappa shape index (κ2) is 7.08. The van der Waals surface area contributed by atoms with Crippen LogP contribution >= 0.6 is 0 Å². The van der Waals surface area contributed by atoms with E-state index in [1.54, 1.807) is 20.8 Å². The molecule has 21 heavy (non-hydrogen) atoms. The number of carbonyl (C=O) groups is 2. The minimum absolute atomic E-state index is 0.228. The van der Waals surface area contributed by atoms with Gasteiger partial charge in [0.2, 0.25) is 0 Å². The summed E-state index contributed by atoms with van der Waals surface area (Å²) in [5.41, 5.74) is 0.331. The maximum atomic E-state index is 12.0. The van der Waals surface area contributed by atoms with E-state index in [1.165, 1.54) is 0 Å². The highest BCUT2D eigenvalue weighted by Gasteiger charge is 2.29. The summed E-state index contributed by atoms with van der Waals surface area (Å²) in [6, 6.07) is 8.18. The smallest absolute Gasteiger partial charge is 0.404 e. The van der Waals surface area contributed by atoms with Crippen molar-refractivity contribution < 1.29 is 19.8 Å². The number of benzene rings is 1. The van der Waals surface area contributed by atoms with Crippen LogP contribution in [0, 0.1) is 0 Å². The topological polar surface area (TPSA) is 98.7 Å². The van der Waals surface area contributed by atoms with Crippen LogP contribution in [-0.4, -0.2) is 39.9 Å². The predicted molar refractivity (Wildman–Crippen MR) is 79.0 cm³/mol. The number of aliphatic hydroxyl groups is 1. The molecule has 0 saturated carbocycles. The van der Waals surface area contributed by atoms with Gasteiger partial charge >= 0.3 is 6.09 Å². The third-order valence-electron chi connectivity index (χ3n) is 2.76. The summed E-state index contributed by atoms with van der Waals surface area (Å²) in [6.45, 7) is 5.36. The predicted octanol–water partition coefficient (Wildman–Crippen LogP) is 1.14. The van der Waals surface area contributed by atoms with Crippen LogP contribution in [0.2, 0.25) is 0 Å². The van der Waals surface area contributed by atoms with Gasteiger partial charge in [0.1, 0.15) is 0 Å². The monoisotopic (exact) mass is 294 g/mol. The second-order valence-electron chi connectivity index (χ2n) is 5.93. The van der Waals surface area contributed by atoms with E-state index in [1.807, 2.05) is 30.3 Å². The number of nitrogens with one attached hydrogen (secondary N) is 2. The molecule has 0 aromatic heterocycles. The fourth-order valence-electron chi connectivity index (χ4n) is 1.89. The van der Waals surface area contributed by atoms with Crippen molar-refractivity contribution in [3.63, 3.8) is 0 Å². The Kier molecular flexibility index (Phi) is 5.72. The molecule has 0 heterocycles. The molecule has 0 spiro atoms.